The Labute approximate surface area is 217 Å². The molecule has 0 fully saturated rings. The van der Waals surface area contributed by atoms with Gasteiger partial charge in [0.25, 0.3) is 0 Å². The molecular formula is C34H21BrO. The predicted molar refractivity (Wildman–Crippen MR) is 152 cm³/mol. The molecule has 0 saturated carbocycles. The third-order valence-corrected chi connectivity index (χ3v) is 8.52. The number of hydrogen-bond acceptors (Lipinski definition) is 1. The molecule has 2 aliphatic carbocycles. The van der Waals surface area contributed by atoms with Gasteiger partial charge in [-0.15, -0.1) is 0 Å². The van der Waals surface area contributed by atoms with Crippen LogP contribution in [-0.4, -0.2) is 0 Å². The average Bonchev–Trinajstić information content (AvgIpc) is 3.37. The van der Waals surface area contributed by atoms with Crippen LogP contribution < -0.4 is 0 Å². The van der Waals surface area contributed by atoms with Crippen LogP contribution >= 0.6 is 15.9 Å². The summed E-state index contributed by atoms with van der Waals surface area (Å²) in [5, 5.41) is 2.37. The summed E-state index contributed by atoms with van der Waals surface area (Å²) in [6.07, 6.45) is 4.56. The van der Waals surface area contributed by atoms with Gasteiger partial charge in [0.05, 0.1) is 5.41 Å². The summed E-state index contributed by atoms with van der Waals surface area (Å²) in [6, 6.07) is 35.4. The monoisotopic (exact) mass is 524 g/mol. The van der Waals surface area contributed by atoms with E-state index in [-0.39, 0.29) is 0 Å². The highest BCUT2D eigenvalue weighted by molar-refractivity contribution is 9.10. The second kappa shape index (κ2) is 7.09. The van der Waals surface area contributed by atoms with Crippen molar-refractivity contribution in [3.63, 3.8) is 0 Å². The zero-order valence-corrected chi connectivity index (χ0v) is 21.3. The molecule has 1 aromatic heterocycles. The maximum atomic E-state index is 6.35. The minimum Gasteiger partial charge on any atom is -0.456 e. The van der Waals surface area contributed by atoms with E-state index in [1.165, 1.54) is 60.8 Å². The number of benzene rings is 5. The number of para-hydroxylation sites is 1. The van der Waals surface area contributed by atoms with Crippen LogP contribution in [0.5, 0.6) is 0 Å². The fourth-order valence-corrected chi connectivity index (χ4v) is 6.99. The van der Waals surface area contributed by atoms with Gasteiger partial charge >= 0.3 is 0 Å². The largest absolute Gasteiger partial charge is 0.456 e. The molecule has 8 rings (SSSR count). The molecule has 5 aromatic carbocycles. The Morgan fingerprint density at radius 2 is 1.39 bits per heavy atom. The van der Waals surface area contributed by atoms with Crippen LogP contribution in [0, 0.1) is 6.92 Å². The van der Waals surface area contributed by atoms with Crippen molar-refractivity contribution in [2.75, 3.05) is 0 Å². The molecule has 0 amide bonds. The lowest BCUT2D eigenvalue weighted by molar-refractivity contribution is 0.668. The van der Waals surface area contributed by atoms with Crippen LogP contribution in [0.15, 0.2) is 106 Å². The van der Waals surface area contributed by atoms with Crippen molar-refractivity contribution in [2.45, 2.75) is 12.3 Å². The van der Waals surface area contributed by atoms with Crippen molar-refractivity contribution in [3.05, 3.63) is 140 Å². The van der Waals surface area contributed by atoms with Gasteiger partial charge in [0.1, 0.15) is 11.2 Å². The SMILES string of the molecule is Cc1ccc2c(c1)C1(c3cc(Br)ccc3C=C2)c2ccccc2-c2c1ccc1oc3ccccc3c21. The lowest BCUT2D eigenvalue weighted by atomic mass is 9.66. The molecule has 170 valence electrons. The zero-order valence-electron chi connectivity index (χ0n) is 19.7. The van der Waals surface area contributed by atoms with Crippen molar-refractivity contribution < 1.29 is 4.42 Å². The molecule has 1 spiro atoms. The molecular weight excluding hydrogens is 504 g/mol. The number of furan rings is 1. The van der Waals surface area contributed by atoms with Gasteiger partial charge in [-0.25, -0.2) is 0 Å². The third-order valence-electron chi connectivity index (χ3n) is 8.02. The maximum Gasteiger partial charge on any atom is 0.136 e. The standard InChI is InChI=1S/C34H21BrO/c1-20-10-11-21-12-13-22-14-15-23(35)19-29(22)34(28(21)18-20)26-8-4-2-6-24(26)32-27(34)16-17-31-33(32)25-7-3-5-9-30(25)36-31/h2-19H,1H3. The average molecular weight is 525 g/mol. The molecule has 2 heteroatoms. The molecule has 0 saturated heterocycles. The summed E-state index contributed by atoms with van der Waals surface area (Å²) < 4.78 is 7.44. The first-order chi connectivity index (χ1) is 17.7. The van der Waals surface area contributed by atoms with Crippen LogP contribution in [0.2, 0.25) is 0 Å². The quantitative estimate of drug-likeness (QED) is 0.192. The zero-order chi connectivity index (χ0) is 24.0. The number of rotatable bonds is 0. The van der Waals surface area contributed by atoms with E-state index in [9.17, 15) is 0 Å². The van der Waals surface area contributed by atoms with Crippen molar-refractivity contribution in [1.29, 1.82) is 0 Å². The number of aryl methyl sites for hydroxylation is 1. The lowest BCUT2D eigenvalue weighted by Gasteiger charge is -2.35. The summed E-state index contributed by atoms with van der Waals surface area (Å²) in [5.41, 5.74) is 13.0. The summed E-state index contributed by atoms with van der Waals surface area (Å²) in [6.45, 7) is 2.19. The number of hydrogen-bond donors (Lipinski definition) is 0. The molecule has 0 N–H and O–H groups in total. The van der Waals surface area contributed by atoms with E-state index in [1.807, 2.05) is 6.07 Å². The first kappa shape index (κ1) is 20.3. The Morgan fingerprint density at radius 3 is 2.28 bits per heavy atom. The van der Waals surface area contributed by atoms with E-state index in [2.05, 4.69) is 126 Å². The molecule has 0 radical (unpaired) electrons. The molecule has 0 aliphatic heterocycles. The van der Waals surface area contributed by atoms with E-state index in [1.54, 1.807) is 0 Å². The smallest absolute Gasteiger partial charge is 0.136 e. The summed E-state index contributed by atoms with van der Waals surface area (Å²) >= 11 is 3.81. The van der Waals surface area contributed by atoms with Crippen molar-refractivity contribution in [2.24, 2.45) is 0 Å². The Balaban J connectivity index is 1.65. The van der Waals surface area contributed by atoms with Crippen LogP contribution in [-0.2, 0) is 5.41 Å². The Hall–Kier alpha value is -3.88. The fourth-order valence-electron chi connectivity index (χ4n) is 6.63. The third kappa shape index (κ3) is 2.45. The van der Waals surface area contributed by atoms with Gasteiger partial charge in [-0.2, -0.15) is 0 Å². The topological polar surface area (TPSA) is 13.1 Å². The van der Waals surface area contributed by atoms with Gasteiger partial charge in [-0.3, -0.25) is 0 Å². The fraction of sp³-hybridized carbons (Fsp3) is 0.0588. The Bertz CT molecular complexity index is 1860. The molecule has 1 heterocycles. The number of halogens is 1. The van der Waals surface area contributed by atoms with E-state index >= 15 is 0 Å². The summed E-state index contributed by atoms with van der Waals surface area (Å²) in [5.74, 6) is 0. The molecule has 6 aromatic rings. The highest BCUT2D eigenvalue weighted by Gasteiger charge is 2.49. The van der Waals surface area contributed by atoms with Crippen molar-refractivity contribution in [3.8, 4) is 11.1 Å². The Kier molecular flexibility index (Phi) is 4.00. The second-order valence-corrected chi connectivity index (χ2v) is 10.8. The first-order valence-corrected chi connectivity index (χ1v) is 13.1. The van der Waals surface area contributed by atoms with E-state index in [0.717, 1.165) is 15.6 Å². The van der Waals surface area contributed by atoms with Gasteiger partial charge in [0.15, 0.2) is 0 Å². The van der Waals surface area contributed by atoms with Crippen LogP contribution in [0.4, 0.5) is 0 Å². The van der Waals surface area contributed by atoms with Gasteiger partial charge in [-0.05, 0) is 75.7 Å². The molecule has 1 atom stereocenters. The second-order valence-electron chi connectivity index (χ2n) is 9.91. The van der Waals surface area contributed by atoms with Crippen LogP contribution in [0.25, 0.3) is 45.2 Å². The van der Waals surface area contributed by atoms with Crippen molar-refractivity contribution >= 4 is 50.0 Å². The highest BCUT2D eigenvalue weighted by atomic mass is 79.9. The van der Waals surface area contributed by atoms with E-state index in [4.69, 9.17) is 4.42 Å². The minimum atomic E-state index is -0.442. The molecule has 0 bridgehead atoms. The van der Waals surface area contributed by atoms with E-state index < -0.39 is 5.41 Å². The minimum absolute atomic E-state index is 0.442. The lowest BCUT2D eigenvalue weighted by Crippen LogP contribution is -2.30. The predicted octanol–water partition coefficient (Wildman–Crippen LogP) is 9.50. The van der Waals surface area contributed by atoms with Crippen molar-refractivity contribution in [1.82, 2.24) is 0 Å². The normalized spacial score (nSPS) is 17.2. The van der Waals surface area contributed by atoms with E-state index in [0.29, 0.717) is 0 Å². The summed E-state index contributed by atoms with van der Waals surface area (Å²) in [7, 11) is 0. The van der Waals surface area contributed by atoms with Gasteiger partial charge in [-0.1, -0.05) is 106 Å². The number of fused-ring (bicyclic) bond motifs is 13. The van der Waals surface area contributed by atoms with Gasteiger partial charge in [0, 0.05) is 15.2 Å². The molecule has 2 aliphatic rings. The molecule has 1 nitrogen and oxygen atoms in total. The maximum absolute atomic E-state index is 6.35. The Morgan fingerprint density at radius 1 is 0.639 bits per heavy atom. The molecule has 1 unspecified atom stereocenters. The highest BCUT2D eigenvalue weighted by Crippen LogP contribution is 2.60. The molecule has 36 heavy (non-hydrogen) atoms. The first-order valence-electron chi connectivity index (χ1n) is 12.3. The van der Waals surface area contributed by atoms with Crippen LogP contribution in [0.1, 0.15) is 38.9 Å². The van der Waals surface area contributed by atoms with Crippen LogP contribution in [0.3, 0.4) is 0 Å². The van der Waals surface area contributed by atoms with Gasteiger partial charge in [0.2, 0.25) is 0 Å². The summed E-state index contributed by atoms with van der Waals surface area (Å²) in [4.78, 5) is 0. The van der Waals surface area contributed by atoms with Gasteiger partial charge < -0.3 is 4.42 Å².